The molecule has 2 N–H and O–H groups in total. The van der Waals surface area contributed by atoms with Gasteiger partial charge in [-0.2, -0.15) is 0 Å². The lowest BCUT2D eigenvalue weighted by molar-refractivity contribution is 0.0807. The molecule has 2 unspecified atom stereocenters. The number of hydrogen-bond acceptors (Lipinski definition) is 5. The molecule has 2 saturated heterocycles. The van der Waals surface area contributed by atoms with E-state index in [1.807, 2.05) is 0 Å². The Morgan fingerprint density at radius 2 is 1.71 bits per heavy atom. The van der Waals surface area contributed by atoms with Crippen molar-refractivity contribution in [3.05, 3.63) is 0 Å². The summed E-state index contributed by atoms with van der Waals surface area (Å²) in [6.45, 7) is 8.29. The second-order valence-corrected chi connectivity index (χ2v) is 7.63. The van der Waals surface area contributed by atoms with Crippen LogP contribution in [-0.2, 0) is 9.84 Å². The lowest BCUT2D eigenvalue weighted by Gasteiger charge is -2.40. The molecule has 2 rings (SSSR count). The molecule has 2 heterocycles. The molecule has 17 heavy (non-hydrogen) atoms. The lowest BCUT2D eigenvalue weighted by Crippen LogP contribution is -2.56. The van der Waals surface area contributed by atoms with Crippen LogP contribution >= 0.6 is 0 Å². The highest BCUT2D eigenvalue weighted by Gasteiger charge is 2.39. The molecule has 6 heteroatoms. The molecule has 0 aromatic carbocycles. The van der Waals surface area contributed by atoms with Crippen molar-refractivity contribution >= 4 is 9.84 Å². The average molecular weight is 261 g/mol. The Morgan fingerprint density at radius 3 is 2.12 bits per heavy atom. The minimum absolute atomic E-state index is 0.0364. The Kier molecular flexibility index (Phi) is 3.77. The molecule has 0 aromatic rings. The van der Waals surface area contributed by atoms with Gasteiger partial charge in [0, 0.05) is 44.3 Å². The van der Waals surface area contributed by atoms with Gasteiger partial charge in [-0.05, 0) is 13.8 Å². The zero-order chi connectivity index (χ0) is 12.6. The zero-order valence-corrected chi connectivity index (χ0v) is 11.5. The number of nitrogens with zero attached hydrogens (tertiary/aromatic N) is 2. The summed E-state index contributed by atoms with van der Waals surface area (Å²) in [5.74, 6) is 0.401. The van der Waals surface area contributed by atoms with Crippen LogP contribution in [0.15, 0.2) is 0 Å². The largest absolute Gasteiger partial charge is 0.325 e. The molecule has 0 aromatic heterocycles. The highest BCUT2D eigenvalue weighted by Crippen LogP contribution is 2.19. The molecule has 2 aliphatic rings. The predicted molar refractivity (Wildman–Crippen MR) is 68.7 cm³/mol. The van der Waals surface area contributed by atoms with Gasteiger partial charge in [0.2, 0.25) is 0 Å². The van der Waals surface area contributed by atoms with Crippen molar-refractivity contribution in [2.24, 2.45) is 5.73 Å². The van der Waals surface area contributed by atoms with Crippen molar-refractivity contribution in [3.63, 3.8) is 0 Å². The summed E-state index contributed by atoms with van der Waals surface area (Å²) in [7, 11) is -2.90. The molecular formula is C11H23N3O2S. The summed E-state index contributed by atoms with van der Waals surface area (Å²) in [4.78, 5) is 4.68. The molecule has 2 atom stereocenters. The van der Waals surface area contributed by atoms with E-state index in [1.165, 1.54) is 0 Å². The van der Waals surface area contributed by atoms with Gasteiger partial charge in [-0.1, -0.05) is 0 Å². The molecule has 2 aliphatic heterocycles. The van der Waals surface area contributed by atoms with E-state index in [-0.39, 0.29) is 23.6 Å². The zero-order valence-electron chi connectivity index (χ0n) is 10.7. The van der Waals surface area contributed by atoms with Crippen LogP contribution in [0.5, 0.6) is 0 Å². The standard InChI is InChI=1S/C11H23N3O2S/c1-9(2)13-3-5-14(6-4-13)11-8-17(15,16)7-10(11)12/h9-11H,3-8,12H2,1-2H3. The average Bonchev–Trinajstić information content (AvgIpc) is 2.52. The Hall–Kier alpha value is -0.170. The van der Waals surface area contributed by atoms with E-state index < -0.39 is 9.84 Å². The topological polar surface area (TPSA) is 66.6 Å². The summed E-state index contributed by atoms with van der Waals surface area (Å²) >= 11 is 0. The van der Waals surface area contributed by atoms with E-state index in [0.29, 0.717) is 6.04 Å². The van der Waals surface area contributed by atoms with Crippen LogP contribution < -0.4 is 5.73 Å². The molecule has 100 valence electrons. The van der Waals surface area contributed by atoms with Crippen molar-refractivity contribution in [3.8, 4) is 0 Å². The highest BCUT2D eigenvalue weighted by molar-refractivity contribution is 7.91. The van der Waals surface area contributed by atoms with Crippen LogP contribution in [0.4, 0.5) is 0 Å². The third-order valence-corrected chi connectivity index (χ3v) is 5.66. The van der Waals surface area contributed by atoms with Gasteiger partial charge in [0.05, 0.1) is 11.5 Å². The van der Waals surface area contributed by atoms with Gasteiger partial charge >= 0.3 is 0 Å². The predicted octanol–water partition coefficient (Wildman–Crippen LogP) is -0.863. The van der Waals surface area contributed by atoms with Crippen LogP contribution in [0, 0.1) is 0 Å². The fourth-order valence-electron chi connectivity index (χ4n) is 2.82. The molecular weight excluding hydrogens is 238 g/mol. The SMILES string of the molecule is CC(C)N1CCN(C2CS(=O)(=O)CC2N)CC1. The molecule has 0 saturated carbocycles. The number of piperazine rings is 1. The first kappa shape index (κ1) is 13.3. The van der Waals surface area contributed by atoms with E-state index in [0.717, 1.165) is 26.2 Å². The summed E-state index contributed by atoms with van der Waals surface area (Å²) in [6, 6.07) is 0.401. The first-order valence-electron chi connectivity index (χ1n) is 6.33. The molecule has 0 radical (unpaired) electrons. The van der Waals surface area contributed by atoms with Gasteiger partial charge in [-0.15, -0.1) is 0 Å². The molecule has 5 nitrogen and oxygen atoms in total. The molecule has 0 amide bonds. The Balaban J connectivity index is 1.93. The molecule has 0 bridgehead atoms. The van der Waals surface area contributed by atoms with Crippen molar-refractivity contribution in [1.82, 2.24) is 9.80 Å². The third kappa shape index (κ3) is 2.99. The fraction of sp³-hybridized carbons (Fsp3) is 1.00. The van der Waals surface area contributed by atoms with E-state index in [2.05, 4.69) is 23.6 Å². The number of rotatable bonds is 2. The third-order valence-electron chi connectivity index (χ3n) is 3.91. The van der Waals surface area contributed by atoms with Crippen LogP contribution in [-0.4, -0.2) is 74.0 Å². The second-order valence-electron chi connectivity index (χ2n) is 5.47. The minimum Gasteiger partial charge on any atom is -0.325 e. The van der Waals surface area contributed by atoms with Crippen molar-refractivity contribution in [1.29, 1.82) is 0 Å². The Labute approximate surface area is 104 Å². The maximum atomic E-state index is 11.5. The Bertz CT molecular complexity index is 361. The van der Waals surface area contributed by atoms with E-state index >= 15 is 0 Å². The number of nitrogens with two attached hydrogens (primary N) is 1. The van der Waals surface area contributed by atoms with Crippen LogP contribution in [0.3, 0.4) is 0 Å². The molecule has 0 spiro atoms. The normalized spacial score (nSPS) is 35.5. The monoisotopic (exact) mass is 261 g/mol. The smallest absolute Gasteiger partial charge is 0.153 e. The van der Waals surface area contributed by atoms with Crippen molar-refractivity contribution < 1.29 is 8.42 Å². The number of sulfone groups is 1. The quantitative estimate of drug-likeness (QED) is 0.700. The lowest BCUT2D eigenvalue weighted by atomic mass is 10.1. The van der Waals surface area contributed by atoms with Gasteiger partial charge in [-0.3, -0.25) is 9.80 Å². The first-order valence-corrected chi connectivity index (χ1v) is 8.15. The van der Waals surface area contributed by atoms with Crippen LogP contribution in [0.1, 0.15) is 13.8 Å². The fourth-order valence-corrected chi connectivity index (χ4v) is 4.74. The van der Waals surface area contributed by atoms with Gasteiger partial charge in [0.15, 0.2) is 9.84 Å². The summed E-state index contributed by atoms with van der Waals surface area (Å²) in [5.41, 5.74) is 5.95. The summed E-state index contributed by atoms with van der Waals surface area (Å²) in [6.07, 6.45) is 0. The van der Waals surface area contributed by atoms with Gasteiger partial charge < -0.3 is 5.73 Å². The molecule has 2 fully saturated rings. The Morgan fingerprint density at radius 1 is 1.12 bits per heavy atom. The van der Waals surface area contributed by atoms with Gasteiger partial charge in [-0.25, -0.2) is 8.42 Å². The van der Waals surface area contributed by atoms with Gasteiger partial charge in [0.25, 0.3) is 0 Å². The first-order chi connectivity index (χ1) is 7.89. The summed E-state index contributed by atoms with van der Waals surface area (Å²) < 4.78 is 23.1. The van der Waals surface area contributed by atoms with Crippen LogP contribution in [0.25, 0.3) is 0 Å². The van der Waals surface area contributed by atoms with E-state index in [9.17, 15) is 8.42 Å². The molecule has 0 aliphatic carbocycles. The van der Waals surface area contributed by atoms with E-state index in [1.54, 1.807) is 0 Å². The maximum Gasteiger partial charge on any atom is 0.153 e. The maximum absolute atomic E-state index is 11.5. The van der Waals surface area contributed by atoms with E-state index in [4.69, 9.17) is 5.73 Å². The van der Waals surface area contributed by atoms with Crippen LogP contribution in [0.2, 0.25) is 0 Å². The van der Waals surface area contributed by atoms with Crippen molar-refractivity contribution in [2.45, 2.75) is 32.0 Å². The summed E-state index contributed by atoms with van der Waals surface area (Å²) in [5, 5.41) is 0. The van der Waals surface area contributed by atoms with Gasteiger partial charge in [0.1, 0.15) is 0 Å². The highest BCUT2D eigenvalue weighted by atomic mass is 32.2. The second kappa shape index (κ2) is 4.84. The van der Waals surface area contributed by atoms with Crippen molar-refractivity contribution in [2.75, 3.05) is 37.7 Å². The minimum atomic E-state index is -2.90. The number of hydrogen-bond donors (Lipinski definition) is 1.